The minimum Gasteiger partial charge on any atom is -0.385 e. The molecule has 0 saturated heterocycles. The van der Waals surface area contributed by atoms with Gasteiger partial charge in [-0.25, -0.2) is 0 Å². The number of anilines is 3. The summed E-state index contributed by atoms with van der Waals surface area (Å²) in [6.07, 6.45) is -3.31. The molecule has 0 aliphatic carbocycles. The highest BCUT2D eigenvalue weighted by atomic mass is 32.1. The molecule has 26 heavy (non-hydrogen) atoms. The lowest BCUT2D eigenvalue weighted by molar-refractivity contribution is -0.137. The molecule has 0 radical (unpaired) electrons. The van der Waals surface area contributed by atoms with Crippen LogP contribution >= 0.6 is 12.2 Å². The molecule has 1 aliphatic heterocycles. The van der Waals surface area contributed by atoms with E-state index in [4.69, 9.17) is 12.2 Å². The number of alkyl halides is 3. The Labute approximate surface area is 156 Å². The standard InChI is InChI=1S/C19H20F3N3S/c1-18(2)9-10-23-16-8-7-14(11-15(16)18)25-17(26)24-13-5-3-12(4-6-13)19(20,21)22/h3-8,11,23H,9-10H2,1-2H3,(H2,24,25,26). The third-order valence-corrected chi connectivity index (χ3v) is 4.75. The van der Waals surface area contributed by atoms with E-state index in [1.807, 2.05) is 12.1 Å². The van der Waals surface area contributed by atoms with Crippen LogP contribution in [0.5, 0.6) is 0 Å². The molecule has 7 heteroatoms. The SMILES string of the molecule is CC1(C)CCNc2ccc(NC(=S)Nc3ccc(C(F)(F)F)cc3)cc21. The van der Waals surface area contributed by atoms with Crippen LogP contribution in [0.3, 0.4) is 0 Å². The van der Waals surface area contributed by atoms with E-state index < -0.39 is 11.7 Å². The topological polar surface area (TPSA) is 36.1 Å². The van der Waals surface area contributed by atoms with Crippen LogP contribution in [0.4, 0.5) is 30.2 Å². The smallest absolute Gasteiger partial charge is 0.385 e. The van der Waals surface area contributed by atoms with Crippen molar-refractivity contribution in [3.63, 3.8) is 0 Å². The van der Waals surface area contributed by atoms with Crippen LogP contribution in [0.25, 0.3) is 0 Å². The van der Waals surface area contributed by atoms with Gasteiger partial charge in [-0.05, 0) is 72.1 Å². The van der Waals surface area contributed by atoms with Crippen molar-refractivity contribution in [1.29, 1.82) is 0 Å². The van der Waals surface area contributed by atoms with Crippen molar-refractivity contribution in [3.8, 4) is 0 Å². The summed E-state index contributed by atoms with van der Waals surface area (Å²) in [6, 6.07) is 10.8. The van der Waals surface area contributed by atoms with E-state index in [1.165, 1.54) is 17.7 Å². The summed E-state index contributed by atoms with van der Waals surface area (Å²) >= 11 is 5.28. The second-order valence-electron chi connectivity index (χ2n) is 6.98. The van der Waals surface area contributed by atoms with Crippen molar-refractivity contribution in [1.82, 2.24) is 0 Å². The molecule has 0 saturated carbocycles. The van der Waals surface area contributed by atoms with Gasteiger partial charge in [0, 0.05) is 23.6 Å². The van der Waals surface area contributed by atoms with Gasteiger partial charge in [0.15, 0.2) is 5.11 Å². The highest BCUT2D eigenvalue weighted by Gasteiger charge is 2.30. The largest absolute Gasteiger partial charge is 0.416 e. The number of hydrogen-bond acceptors (Lipinski definition) is 2. The lowest BCUT2D eigenvalue weighted by Crippen LogP contribution is -2.28. The van der Waals surface area contributed by atoms with Gasteiger partial charge in [-0.1, -0.05) is 13.8 Å². The van der Waals surface area contributed by atoms with Gasteiger partial charge in [-0.2, -0.15) is 13.2 Å². The van der Waals surface area contributed by atoms with Crippen molar-refractivity contribution >= 4 is 34.4 Å². The first-order chi connectivity index (χ1) is 12.1. The summed E-state index contributed by atoms with van der Waals surface area (Å²) in [5.41, 5.74) is 3.05. The Bertz CT molecular complexity index is 814. The molecule has 3 N–H and O–H groups in total. The molecule has 0 fully saturated rings. The van der Waals surface area contributed by atoms with E-state index in [9.17, 15) is 13.2 Å². The summed E-state index contributed by atoms with van der Waals surface area (Å²) in [7, 11) is 0. The maximum Gasteiger partial charge on any atom is 0.416 e. The number of nitrogens with one attached hydrogen (secondary N) is 3. The highest BCUT2D eigenvalue weighted by Crippen LogP contribution is 2.38. The third-order valence-electron chi connectivity index (χ3n) is 4.54. The van der Waals surface area contributed by atoms with Crippen LogP contribution in [0, 0.1) is 0 Å². The Hall–Kier alpha value is -2.28. The first kappa shape index (κ1) is 18.5. The molecule has 138 valence electrons. The average Bonchev–Trinajstić information content (AvgIpc) is 2.55. The quantitative estimate of drug-likeness (QED) is 0.593. The van der Waals surface area contributed by atoms with Gasteiger partial charge in [0.05, 0.1) is 5.56 Å². The van der Waals surface area contributed by atoms with Crippen molar-refractivity contribution in [2.24, 2.45) is 0 Å². The van der Waals surface area contributed by atoms with Crippen LogP contribution in [-0.4, -0.2) is 11.7 Å². The Morgan fingerprint density at radius 2 is 1.65 bits per heavy atom. The molecule has 0 bridgehead atoms. The summed E-state index contributed by atoms with van der Waals surface area (Å²) in [5.74, 6) is 0. The van der Waals surface area contributed by atoms with E-state index in [0.717, 1.165) is 36.5 Å². The van der Waals surface area contributed by atoms with Crippen LogP contribution in [0.15, 0.2) is 42.5 Å². The minimum absolute atomic E-state index is 0.0702. The van der Waals surface area contributed by atoms with Gasteiger partial charge in [0.1, 0.15) is 0 Å². The zero-order chi connectivity index (χ0) is 18.9. The summed E-state index contributed by atoms with van der Waals surface area (Å²) in [6.45, 7) is 5.35. The van der Waals surface area contributed by atoms with Crippen molar-refractivity contribution in [3.05, 3.63) is 53.6 Å². The van der Waals surface area contributed by atoms with E-state index in [1.54, 1.807) is 0 Å². The summed E-state index contributed by atoms with van der Waals surface area (Å²) < 4.78 is 37.8. The zero-order valence-corrected chi connectivity index (χ0v) is 15.3. The van der Waals surface area contributed by atoms with Crippen LogP contribution < -0.4 is 16.0 Å². The minimum atomic E-state index is -4.35. The molecule has 0 atom stereocenters. The van der Waals surface area contributed by atoms with Gasteiger partial charge in [-0.3, -0.25) is 0 Å². The maximum absolute atomic E-state index is 12.6. The molecule has 0 unspecified atom stereocenters. The second kappa shape index (κ2) is 6.79. The normalized spacial score (nSPS) is 15.6. The number of rotatable bonds is 2. The molecule has 1 heterocycles. The molecule has 3 rings (SSSR count). The number of hydrogen-bond donors (Lipinski definition) is 3. The fourth-order valence-electron chi connectivity index (χ4n) is 3.02. The molecule has 1 aliphatic rings. The molecule has 3 nitrogen and oxygen atoms in total. The average molecular weight is 379 g/mol. The van der Waals surface area contributed by atoms with Crippen LogP contribution in [0.2, 0.25) is 0 Å². The lowest BCUT2D eigenvalue weighted by atomic mass is 9.78. The van der Waals surface area contributed by atoms with Gasteiger partial charge < -0.3 is 16.0 Å². The van der Waals surface area contributed by atoms with Gasteiger partial charge in [0.2, 0.25) is 0 Å². The van der Waals surface area contributed by atoms with Gasteiger partial charge >= 0.3 is 6.18 Å². The molecular weight excluding hydrogens is 359 g/mol. The lowest BCUT2D eigenvalue weighted by Gasteiger charge is -2.33. The number of fused-ring (bicyclic) bond motifs is 1. The Morgan fingerprint density at radius 3 is 2.31 bits per heavy atom. The number of thiocarbonyl (C=S) groups is 1. The number of benzene rings is 2. The van der Waals surface area contributed by atoms with E-state index >= 15 is 0 Å². The maximum atomic E-state index is 12.6. The monoisotopic (exact) mass is 379 g/mol. The van der Waals surface area contributed by atoms with E-state index in [2.05, 4.69) is 35.9 Å². The van der Waals surface area contributed by atoms with Gasteiger partial charge in [0.25, 0.3) is 0 Å². The summed E-state index contributed by atoms with van der Waals surface area (Å²) in [4.78, 5) is 0. The predicted octanol–water partition coefficient (Wildman–Crippen LogP) is 5.61. The predicted molar refractivity (Wildman–Crippen MR) is 104 cm³/mol. The third kappa shape index (κ3) is 4.09. The van der Waals surface area contributed by atoms with E-state index in [0.29, 0.717) is 10.8 Å². The number of halogens is 3. The van der Waals surface area contributed by atoms with Crippen molar-refractivity contribution in [2.75, 3.05) is 22.5 Å². The Morgan fingerprint density at radius 1 is 1.04 bits per heavy atom. The molecule has 0 spiro atoms. The van der Waals surface area contributed by atoms with Crippen molar-refractivity contribution in [2.45, 2.75) is 31.9 Å². The molecule has 0 amide bonds. The van der Waals surface area contributed by atoms with Gasteiger partial charge in [-0.15, -0.1) is 0 Å². The Kier molecular flexibility index (Phi) is 4.84. The molecule has 2 aromatic rings. The zero-order valence-electron chi connectivity index (χ0n) is 14.5. The fourth-order valence-corrected chi connectivity index (χ4v) is 3.25. The molecule has 0 aromatic heterocycles. The first-order valence-corrected chi connectivity index (χ1v) is 8.70. The fraction of sp³-hybridized carbons (Fsp3) is 0.316. The first-order valence-electron chi connectivity index (χ1n) is 8.29. The van der Waals surface area contributed by atoms with Crippen LogP contribution in [0.1, 0.15) is 31.4 Å². The second-order valence-corrected chi connectivity index (χ2v) is 7.38. The highest BCUT2D eigenvalue weighted by molar-refractivity contribution is 7.80. The van der Waals surface area contributed by atoms with Crippen molar-refractivity contribution < 1.29 is 13.2 Å². The van der Waals surface area contributed by atoms with E-state index in [-0.39, 0.29) is 5.41 Å². The van der Waals surface area contributed by atoms with Crippen LogP contribution in [-0.2, 0) is 11.6 Å². The molecular formula is C19H20F3N3S. The molecule has 2 aromatic carbocycles. The Balaban J connectivity index is 1.69. The summed E-state index contributed by atoms with van der Waals surface area (Å²) in [5, 5.41) is 9.71.